The molecule has 0 fully saturated rings. The molecule has 1 atom stereocenters. The van der Waals surface area contributed by atoms with E-state index in [4.69, 9.17) is 4.74 Å². The second-order valence-electron chi connectivity index (χ2n) is 8.22. The molecule has 192 valence electrons. The van der Waals surface area contributed by atoms with Crippen molar-refractivity contribution in [3.63, 3.8) is 0 Å². The van der Waals surface area contributed by atoms with Gasteiger partial charge in [0.15, 0.2) is 5.75 Å². The van der Waals surface area contributed by atoms with Crippen molar-refractivity contribution in [3.05, 3.63) is 101 Å². The summed E-state index contributed by atoms with van der Waals surface area (Å²) < 4.78 is 11.1. The van der Waals surface area contributed by atoms with E-state index in [0.717, 1.165) is 30.1 Å². The molecule has 10 nitrogen and oxygen atoms in total. The minimum Gasteiger partial charge on any atom is -0.488 e. The summed E-state index contributed by atoms with van der Waals surface area (Å²) in [7, 11) is 0. The van der Waals surface area contributed by atoms with Gasteiger partial charge in [-0.3, -0.25) is 14.2 Å². The van der Waals surface area contributed by atoms with Crippen LogP contribution in [0.15, 0.2) is 84.1 Å². The monoisotopic (exact) mass is 500 g/mol. The highest BCUT2D eigenvalue weighted by Gasteiger charge is 2.18. The standard InChI is InChI=1S/C25H26N8O2.C2H6/c1-2-31-18-21(15-29-31)33-10-7-24(34)23(30-33)14-19-5-3-6-20(13-19)25-26-16-22(17-27-25)35-12-11-32-9-4-8-28-32;1-2/h3-10,15-18,20H,2,11-14H2,1H3;1-2H3. The lowest BCUT2D eigenvalue weighted by Gasteiger charge is -2.17. The molecule has 0 spiro atoms. The van der Waals surface area contributed by atoms with E-state index < -0.39 is 0 Å². The van der Waals surface area contributed by atoms with Crippen molar-refractivity contribution in [1.82, 2.24) is 39.3 Å². The number of ether oxygens (including phenoxy) is 1. The third-order valence-corrected chi connectivity index (χ3v) is 5.77. The molecule has 10 heteroatoms. The van der Waals surface area contributed by atoms with Gasteiger partial charge in [-0.2, -0.15) is 15.3 Å². The average Bonchev–Trinajstić information content (AvgIpc) is 3.64. The van der Waals surface area contributed by atoms with E-state index in [-0.39, 0.29) is 11.3 Å². The van der Waals surface area contributed by atoms with E-state index in [1.54, 1.807) is 41.7 Å². The molecule has 0 N–H and O–H groups in total. The van der Waals surface area contributed by atoms with E-state index in [1.165, 1.54) is 0 Å². The van der Waals surface area contributed by atoms with Gasteiger partial charge in [0, 0.05) is 43.5 Å². The number of hydrogen-bond donors (Lipinski definition) is 0. The van der Waals surface area contributed by atoms with E-state index in [1.807, 2.05) is 60.7 Å². The zero-order valence-corrected chi connectivity index (χ0v) is 21.4. The summed E-state index contributed by atoms with van der Waals surface area (Å²) in [4.78, 5) is 21.5. The Morgan fingerprint density at radius 1 is 1.08 bits per heavy atom. The van der Waals surface area contributed by atoms with Crippen LogP contribution in [0, 0.1) is 0 Å². The van der Waals surface area contributed by atoms with Crippen LogP contribution in [0.3, 0.4) is 0 Å². The van der Waals surface area contributed by atoms with Crippen LogP contribution in [-0.2, 0) is 19.5 Å². The second kappa shape index (κ2) is 12.6. The maximum Gasteiger partial charge on any atom is 0.203 e. The van der Waals surface area contributed by atoms with E-state index >= 15 is 0 Å². The van der Waals surface area contributed by atoms with Gasteiger partial charge in [0.05, 0.1) is 31.3 Å². The van der Waals surface area contributed by atoms with Gasteiger partial charge in [0.1, 0.15) is 23.8 Å². The fourth-order valence-corrected chi connectivity index (χ4v) is 3.91. The Hall–Kier alpha value is -4.34. The van der Waals surface area contributed by atoms with Gasteiger partial charge in [0.2, 0.25) is 5.43 Å². The first-order valence-electron chi connectivity index (χ1n) is 12.6. The predicted molar refractivity (Wildman–Crippen MR) is 141 cm³/mol. The fraction of sp³-hybridized carbons (Fsp3) is 0.333. The quantitative estimate of drug-likeness (QED) is 0.345. The maximum absolute atomic E-state index is 12.5. The lowest BCUT2D eigenvalue weighted by atomic mass is 9.91. The Kier molecular flexibility index (Phi) is 8.75. The Labute approximate surface area is 216 Å². The summed E-state index contributed by atoms with van der Waals surface area (Å²) in [5.41, 5.74) is 2.35. The highest BCUT2D eigenvalue weighted by Crippen LogP contribution is 2.28. The first-order valence-corrected chi connectivity index (χ1v) is 12.6. The molecule has 0 bridgehead atoms. The first kappa shape index (κ1) is 25.7. The van der Waals surface area contributed by atoms with Crippen LogP contribution < -0.4 is 10.2 Å². The normalized spacial score (nSPS) is 14.6. The van der Waals surface area contributed by atoms with E-state index in [2.05, 4.69) is 31.3 Å². The van der Waals surface area contributed by atoms with Crippen LogP contribution in [0.2, 0.25) is 0 Å². The summed E-state index contributed by atoms with van der Waals surface area (Å²) in [5.74, 6) is 1.37. The van der Waals surface area contributed by atoms with Gasteiger partial charge < -0.3 is 4.74 Å². The van der Waals surface area contributed by atoms with Gasteiger partial charge >= 0.3 is 0 Å². The summed E-state index contributed by atoms with van der Waals surface area (Å²) in [6.45, 7) is 7.94. The molecule has 0 aromatic carbocycles. The number of hydrogen-bond acceptors (Lipinski definition) is 7. The third kappa shape index (κ3) is 6.66. The van der Waals surface area contributed by atoms with Crippen molar-refractivity contribution >= 4 is 0 Å². The second-order valence-corrected chi connectivity index (χ2v) is 8.22. The van der Waals surface area contributed by atoms with Crippen molar-refractivity contribution in [3.8, 4) is 11.4 Å². The lowest BCUT2D eigenvalue weighted by Crippen LogP contribution is -2.17. The van der Waals surface area contributed by atoms with Gasteiger partial charge in [-0.05, 0) is 19.4 Å². The molecule has 5 rings (SSSR count). The number of aromatic nitrogens is 8. The molecular weight excluding hydrogens is 468 g/mol. The number of rotatable bonds is 9. The molecule has 37 heavy (non-hydrogen) atoms. The van der Waals surface area contributed by atoms with Crippen molar-refractivity contribution in [2.45, 2.75) is 52.6 Å². The van der Waals surface area contributed by atoms with Crippen LogP contribution in [-0.4, -0.2) is 45.9 Å². The van der Waals surface area contributed by atoms with Crippen molar-refractivity contribution in [1.29, 1.82) is 0 Å². The van der Waals surface area contributed by atoms with E-state index in [9.17, 15) is 4.79 Å². The van der Waals surface area contributed by atoms with Crippen LogP contribution >= 0.6 is 0 Å². The predicted octanol–water partition coefficient (Wildman–Crippen LogP) is 3.75. The van der Waals surface area contributed by atoms with Crippen molar-refractivity contribution in [2.24, 2.45) is 0 Å². The molecule has 1 aliphatic rings. The molecule has 4 heterocycles. The zero-order chi connectivity index (χ0) is 26.0. The third-order valence-electron chi connectivity index (χ3n) is 5.77. The van der Waals surface area contributed by atoms with Crippen LogP contribution in [0.4, 0.5) is 0 Å². The number of aryl methyl sites for hydroxylation is 1. The molecular formula is C27H32N8O2. The Balaban J connectivity index is 0.00000156. The van der Waals surface area contributed by atoms with Gasteiger partial charge in [0.25, 0.3) is 0 Å². The van der Waals surface area contributed by atoms with Crippen LogP contribution in [0.25, 0.3) is 5.69 Å². The van der Waals surface area contributed by atoms with Crippen LogP contribution in [0.1, 0.15) is 44.6 Å². The van der Waals surface area contributed by atoms with Gasteiger partial charge in [-0.25, -0.2) is 14.6 Å². The molecule has 4 aromatic rings. The van der Waals surface area contributed by atoms with Crippen LogP contribution in [0.5, 0.6) is 5.75 Å². The summed E-state index contributed by atoms with van der Waals surface area (Å²) in [6.07, 6.45) is 19.7. The largest absolute Gasteiger partial charge is 0.488 e. The average molecular weight is 501 g/mol. The molecule has 0 radical (unpaired) electrons. The molecule has 0 saturated carbocycles. The van der Waals surface area contributed by atoms with Gasteiger partial charge in [-0.15, -0.1) is 0 Å². The highest BCUT2D eigenvalue weighted by atomic mass is 16.5. The molecule has 0 saturated heterocycles. The topological polar surface area (TPSA) is 106 Å². The maximum atomic E-state index is 12.5. The molecule has 4 aromatic heterocycles. The Morgan fingerprint density at radius 2 is 1.92 bits per heavy atom. The summed E-state index contributed by atoms with van der Waals surface area (Å²) in [5, 5.41) is 13.0. The minimum absolute atomic E-state index is 0.0295. The Bertz CT molecular complexity index is 1380. The van der Waals surface area contributed by atoms with Crippen molar-refractivity contribution < 1.29 is 4.74 Å². The van der Waals surface area contributed by atoms with Gasteiger partial charge in [-0.1, -0.05) is 37.6 Å². The first-order chi connectivity index (χ1) is 18.2. The fourth-order valence-electron chi connectivity index (χ4n) is 3.91. The molecule has 1 unspecified atom stereocenters. The molecule has 0 amide bonds. The van der Waals surface area contributed by atoms with E-state index in [0.29, 0.717) is 31.0 Å². The smallest absolute Gasteiger partial charge is 0.203 e. The minimum atomic E-state index is -0.0796. The molecule has 1 aliphatic carbocycles. The molecule has 0 aliphatic heterocycles. The Morgan fingerprint density at radius 3 is 2.65 bits per heavy atom. The van der Waals surface area contributed by atoms with Crippen molar-refractivity contribution in [2.75, 3.05) is 6.61 Å². The summed E-state index contributed by atoms with van der Waals surface area (Å²) in [6, 6.07) is 3.43. The zero-order valence-electron chi connectivity index (χ0n) is 21.4. The number of nitrogens with zero attached hydrogens (tertiary/aromatic N) is 8. The number of allylic oxidation sites excluding steroid dienone is 4. The SMILES string of the molecule is CC.CCn1cc(-n2ccc(=O)c(CC3=CC=CC(c4ncc(OCCn5cccn5)cn4)C3)n2)cn1. The highest BCUT2D eigenvalue weighted by molar-refractivity contribution is 5.30. The lowest BCUT2D eigenvalue weighted by molar-refractivity contribution is 0.288. The summed E-state index contributed by atoms with van der Waals surface area (Å²) >= 11 is 0.